The Bertz CT molecular complexity index is 491. The van der Waals surface area contributed by atoms with Crippen LogP contribution in [0, 0.1) is 0 Å². The van der Waals surface area contributed by atoms with Crippen LogP contribution in [0.4, 0.5) is 0 Å². The van der Waals surface area contributed by atoms with Gasteiger partial charge in [0.05, 0.1) is 5.02 Å². The van der Waals surface area contributed by atoms with Crippen molar-refractivity contribution in [1.82, 2.24) is 5.32 Å². The topological polar surface area (TPSA) is 73.6 Å². The molecule has 1 aliphatic heterocycles. The van der Waals surface area contributed by atoms with E-state index in [0.717, 1.165) is 0 Å². The van der Waals surface area contributed by atoms with Crippen LogP contribution >= 0.6 is 11.6 Å². The number of benzene rings is 1. The summed E-state index contributed by atoms with van der Waals surface area (Å²) in [6, 6.07) is 2.93. The van der Waals surface area contributed by atoms with E-state index in [4.69, 9.17) is 26.8 Å². The molecule has 1 aromatic carbocycles. The second-order valence-electron chi connectivity index (χ2n) is 4.68. The normalized spacial score (nSPS) is 15.4. The van der Waals surface area contributed by atoms with Gasteiger partial charge in [-0.05, 0) is 31.5 Å². The predicted molar refractivity (Wildman–Crippen MR) is 72.6 cm³/mol. The Hall–Kier alpha value is -1.46. The minimum Gasteiger partial charge on any atom is -0.486 e. The van der Waals surface area contributed by atoms with Crippen molar-refractivity contribution in [2.75, 3.05) is 13.2 Å². The highest BCUT2D eigenvalue weighted by atomic mass is 35.5. The van der Waals surface area contributed by atoms with Crippen LogP contribution in [0.3, 0.4) is 0 Å². The summed E-state index contributed by atoms with van der Waals surface area (Å²) in [5.74, 6) is 0.608. The minimum absolute atomic E-state index is 0.115. The highest BCUT2D eigenvalue weighted by molar-refractivity contribution is 6.32. The third-order valence-corrected chi connectivity index (χ3v) is 3.02. The van der Waals surface area contributed by atoms with Gasteiger partial charge in [0.2, 0.25) is 5.91 Å². The maximum atomic E-state index is 11.6. The predicted octanol–water partition coefficient (Wildman–Crippen LogP) is 1.64. The summed E-state index contributed by atoms with van der Waals surface area (Å²) in [5, 5.41) is 3.52. The molecule has 1 aromatic rings. The zero-order chi connectivity index (χ0) is 14.0. The Morgan fingerprint density at radius 3 is 2.68 bits per heavy atom. The van der Waals surface area contributed by atoms with Crippen LogP contribution in [0.1, 0.15) is 25.5 Å². The molecule has 6 heteroatoms. The molecule has 0 fully saturated rings. The lowest BCUT2D eigenvalue weighted by Crippen LogP contribution is -2.37. The van der Waals surface area contributed by atoms with Crippen LogP contribution in [0.5, 0.6) is 11.5 Å². The fourth-order valence-corrected chi connectivity index (χ4v) is 2.25. The van der Waals surface area contributed by atoms with Crippen LogP contribution in [0.2, 0.25) is 5.02 Å². The molecule has 3 N–H and O–H groups in total. The molecule has 1 aliphatic rings. The van der Waals surface area contributed by atoms with Crippen molar-refractivity contribution in [2.24, 2.45) is 5.73 Å². The van der Waals surface area contributed by atoms with Crippen molar-refractivity contribution < 1.29 is 14.3 Å². The van der Waals surface area contributed by atoms with E-state index in [-0.39, 0.29) is 6.04 Å². The van der Waals surface area contributed by atoms with E-state index in [1.165, 1.54) is 0 Å². The average molecular weight is 285 g/mol. The molecule has 1 atom stereocenters. The maximum Gasteiger partial charge on any atom is 0.239 e. The summed E-state index contributed by atoms with van der Waals surface area (Å²) in [7, 11) is 0. The van der Waals surface area contributed by atoms with Gasteiger partial charge in [-0.2, -0.15) is 0 Å². The first-order valence-corrected chi connectivity index (χ1v) is 6.51. The number of carbonyl (C=O) groups is 1. The second kappa shape index (κ2) is 5.67. The second-order valence-corrected chi connectivity index (χ2v) is 5.09. The summed E-state index contributed by atoms with van der Waals surface area (Å²) >= 11 is 6.15. The van der Waals surface area contributed by atoms with E-state index < -0.39 is 11.9 Å². The third-order valence-electron chi connectivity index (χ3n) is 2.74. The Balaban J connectivity index is 2.37. The summed E-state index contributed by atoms with van der Waals surface area (Å²) in [4.78, 5) is 11.6. The molecule has 1 amide bonds. The molecule has 5 nitrogen and oxygen atoms in total. The molecule has 0 bridgehead atoms. The lowest BCUT2D eigenvalue weighted by molar-refractivity contribution is -0.120. The number of fused-ring (bicyclic) bond motifs is 1. The molecule has 1 unspecified atom stereocenters. The van der Waals surface area contributed by atoms with Crippen molar-refractivity contribution in [3.8, 4) is 11.5 Å². The number of rotatable bonds is 4. The number of primary amides is 1. The van der Waals surface area contributed by atoms with Gasteiger partial charge < -0.3 is 15.2 Å². The Morgan fingerprint density at radius 1 is 1.37 bits per heavy atom. The Morgan fingerprint density at radius 2 is 2.05 bits per heavy atom. The smallest absolute Gasteiger partial charge is 0.239 e. The first-order valence-electron chi connectivity index (χ1n) is 6.13. The van der Waals surface area contributed by atoms with E-state index in [2.05, 4.69) is 5.32 Å². The highest BCUT2D eigenvalue weighted by Crippen LogP contribution is 2.39. The number of carbonyl (C=O) groups excluding carboxylic acids is 1. The lowest BCUT2D eigenvalue weighted by atomic mass is 10.0. The fraction of sp³-hybridized carbons (Fsp3) is 0.462. The Kier molecular flexibility index (Phi) is 4.17. The van der Waals surface area contributed by atoms with E-state index in [0.29, 0.717) is 35.3 Å². The van der Waals surface area contributed by atoms with E-state index in [9.17, 15) is 4.79 Å². The van der Waals surface area contributed by atoms with Crippen LogP contribution in [0.25, 0.3) is 0 Å². The van der Waals surface area contributed by atoms with E-state index in [1.807, 2.05) is 13.8 Å². The Labute approximate surface area is 117 Å². The van der Waals surface area contributed by atoms with E-state index >= 15 is 0 Å². The zero-order valence-corrected chi connectivity index (χ0v) is 11.7. The number of nitrogens with one attached hydrogen (secondary N) is 1. The monoisotopic (exact) mass is 284 g/mol. The van der Waals surface area contributed by atoms with Crippen LogP contribution < -0.4 is 20.5 Å². The van der Waals surface area contributed by atoms with Gasteiger partial charge in [-0.3, -0.25) is 10.1 Å². The molecule has 0 spiro atoms. The van der Waals surface area contributed by atoms with Crippen LogP contribution in [0.15, 0.2) is 12.1 Å². The highest BCUT2D eigenvalue weighted by Gasteiger charge is 2.23. The lowest BCUT2D eigenvalue weighted by Gasteiger charge is -2.23. The van der Waals surface area contributed by atoms with Gasteiger partial charge >= 0.3 is 0 Å². The minimum atomic E-state index is -0.603. The summed E-state index contributed by atoms with van der Waals surface area (Å²) in [6.07, 6.45) is 0. The molecule has 0 aromatic heterocycles. The standard InChI is InChI=1S/C13H17ClN2O3/c1-7(2)16-11(13(15)17)8-5-9(14)12-10(6-8)18-3-4-19-12/h5-7,11,16H,3-4H2,1-2H3,(H2,15,17). The van der Waals surface area contributed by atoms with Crippen LogP contribution in [-0.4, -0.2) is 25.2 Å². The van der Waals surface area contributed by atoms with Crippen LogP contribution in [-0.2, 0) is 4.79 Å². The largest absolute Gasteiger partial charge is 0.486 e. The first-order chi connectivity index (χ1) is 8.99. The quantitative estimate of drug-likeness (QED) is 0.881. The number of halogens is 1. The van der Waals surface area contributed by atoms with Crippen molar-refractivity contribution in [2.45, 2.75) is 25.9 Å². The fourth-order valence-electron chi connectivity index (χ4n) is 1.97. The average Bonchev–Trinajstić information content (AvgIpc) is 2.35. The first kappa shape index (κ1) is 14.0. The number of hydrogen-bond donors (Lipinski definition) is 2. The molecular formula is C13H17ClN2O3. The maximum absolute atomic E-state index is 11.6. The SMILES string of the molecule is CC(C)NC(C(N)=O)c1cc(Cl)c2c(c1)OCCO2. The van der Waals surface area contributed by atoms with Gasteiger partial charge in [0.15, 0.2) is 11.5 Å². The molecule has 2 rings (SSSR count). The van der Waals surface area contributed by atoms with Gasteiger partial charge in [-0.25, -0.2) is 0 Å². The summed E-state index contributed by atoms with van der Waals surface area (Å²) in [5.41, 5.74) is 6.10. The van der Waals surface area contributed by atoms with Crippen molar-refractivity contribution in [1.29, 1.82) is 0 Å². The number of ether oxygens (including phenoxy) is 2. The van der Waals surface area contributed by atoms with Crippen molar-refractivity contribution >= 4 is 17.5 Å². The van der Waals surface area contributed by atoms with Crippen molar-refractivity contribution in [3.05, 3.63) is 22.7 Å². The van der Waals surface area contributed by atoms with Gasteiger partial charge in [0.1, 0.15) is 19.3 Å². The third kappa shape index (κ3) is 3.11. The van der Waals surface area contributed by atoms with Gasteiger partial charge in [0, 0.05) is 6.04 Å². The summed E-state index contributed by atoms with van der Waals surface area (Å²) < 4.78 is 10.9. The van der Waals surface area contributed by atoms with Crippen molar-refractivity contribution in [3.63, 3.8) is 0 Å². The molecule has 0 radical (unpaired) electrons. The molecule has 104 valence electrons. The molecule has 1 heterocycles. The zero-order valence-electron chi connectivity index (χ0n) is 10.9. The number of amides is 1. The molecule has 0 aliphatic carbocycles. The van der Waals surface area contributed by atoms with E-state index in [1.54, 1.807) is 12.1 Å². The molecule has 19 heavy (non-hydrogen) atoms. The summed E-state index contributed by atoms with van der Waals surface area (Å²) in [6.45, 7) is 4.81. The molecule has 0 saturated heterocycles. The number of hydrogen-bond acceptors (Lipinski definition) is 4. The molecular weight excluding hydrogens is 268 g/mol. The van der Waals surface area contributed by atoms with Gasteiger partial charge in [-0.1, -0.05) is 11.6 Å². The van der Waals surface area contributed by atoms with Gasteiger partial charge in [0.25, 0.3) is 0 Å². The number of nitrogens with two attached hydrogens (primary N) is 1. The van der Waals surface area contributed by atoms with Gasteiger partial charge in [-0.15, -0.1) is 0 Å². The molecule has 0 saturated carbocycles.